The normalized spacial score (nSPS) is 28.0. The third kappa shape index (κ3) is 2.47. The zero-order valence-corrected chi connectivity index (χ0v) is 15.6. The van der Waals surface area contributed by atoms with E-state index in [9.17, 15) is 14.4 Å². The molecule has 2 saturated heterocycles. The Balaban J connectivity index is 1.56. The Morgan fingerprint density at radius 2 is 1.72 bits per heavy atom. The van der Waals surface area contributed by atoms with Crippen molar-refractivity contribution in [2.24, 2.45) is 0 Å². The van der Waals surface area contributed by atoms with Gasteiger partial charge in [0.2, 0.25) is 5.72 Å². The van der Waals surface area contributed by atoms with E-state index < -0.39 is 29.9 Å². The number of benzene rings is 2. The summed E-state index contributed by atoms with van der Waals surface area (Å²) in [6, 6.07) is 15.3. The molecule has 2 aromatic rings. The number of β-lactam (4-membered cyclic amide) rings is 1. The minimum Gasteiger partial charge on any atom is -0.447 e. The highest BCUT2D eigenvalue weighted by Crippen LogP contribution is 2.47. The van der Waals surface area contributed by atoms with E-state index in [-0.39, 0.29) is 12.5 Å². The van der Waals surface area contributed by atoms with Crippen molar-refractivity contribution in [2.75, 3.05) is 11.5 Å². The summed E-state index contributed by atoms with van der Waals surface area (Å²) in [6.45, 7) is 2.07. The highest BCUT2D eigenvalue weighted by molar-refractivity contribution is 6.11. The predicted molar refractivity (Wildman–Crippen MR) is 103 cm³/mol. The van der Waals surface area contributed by atoms with Crippen molar-refractivity contribution in [1.29, 1.82) is 0 Å². The van der Waals surface area contributed by atoms with Crippen LogP contribution in [0, 0.1) is 6.92 Å². The molecule has 5 rings (SSSR count). The standard InChI is InChI=1S/C22H18N2O5/c1-14-7-9-16(10-8-14)24-20(26)19(22(24)12-11-18(25)29-22)23-17(13-28-21(23)27)15-5-3-2-4-6-15/h2-12,17,19H,13H2,1H3/t17-,19-,22+/m0/s1. The van der Waals surface area contributed by atoms with Gasteiger partial charge in [0.15, 0.2) is 6.04 Å². The van der Waals surface area contributed by atoms with Gasteiger partial charge in [0.1, 0.15) is 6.61 Å². The highest BCUT2D eigenvalue weighted by atomic mass is 16.6. The maximum Gasteiger partial charge on any atom is 0.411 e. The number of hydrogen-bond acceptors (Lipinski definition) is 5. The molecule has 7 nitrogen and oxygen atoms in total. The number of carbonyl (C=O) groups excluding carboxylic acids is 3. The molecule has 0 aromatic heterocycles. The summed E-state index contributed by atoms with van der Waals surface area (Å²) in [4.78, 5) is 40.7. The van der Waals surface area contributed by atoms with E-state index in [0.29, 0.717) is 5.69 Å². The van der Waals surface area contributed by atoms with E-state index in [1.807, 2.05) is 49.4 Å². The van der Waals surface area contributed by atoms with Crippen LogP contribution in [0.25, 0.3) is 0 Å². The molecule has 0 saturated carbocycles. The van der Waals surface area contributed by atoms with E-state index in [2.05, 4.69) is 0 Å². The van der Waals surface area contributed by atoms with Gasteiger partial charge in [-0.3, -0.25) is 14.6 Å². The van der Waals surface area contributed by atoms with Crippen molar-refractivity contribution in [3.63, 3.8) is 0 Å². The number of hydrogen-bond donors (Lipinski definition) is 0. The monoisotopic (exact) mass is 390 g/mol. The number of nitrogens with zero attached hydrogens (tertiary/aromatic N) is 2. The molecule has 146 valence electrons. The van der Waals surface area contributed by atoms with E-state index in [4.69, 9.17) is 9.47 Å². The molecule has 7 heteroatoms. The largest absolute Gasteiger partial charge is 0.447 e. The summed E-state index contributed by atoms with van der Waals surface area (Å²) in [5.41, 5.74) is 1.11. The van der Waals surface area contributed by atoms with E-state index >= 15 is 0 Å². The Bertz CT molecular complexity index is 1030. The molecule has 0 bridgehead atoms. The molecule has 3 aliphatic heterocycles. The van der Waals surface area contributed by atoms with Gasteiger partial charge in [-0.2, -0.15) is 0 Å². The molecule has 2 amide bonds. The van der Waals surface area contributed by atoms with Gasteiger partial charge >= 0.3 is 12.1 Å². The molecule has 0 unspecified atom stereocenters. The van der Waals surface area contributed by atoms with Crippen LogP contribution in [0.1, 0.15) is 17.2 Å². The summed E-state index contributed by atoms with van der Waals surface area (Å²) in [5, 5.41) is 0. The number of ether oxygens (including phenoxy) is 2. The van der Waals surface area contributed by atoms with Crippen LogP contribution in [-0.2, 0) is 19.1 Å². The van der Waals surface area contributed by atoms with Gasteiger partial charge < -0.3 is 9.47 Å². The molecule has 0 radical (unpaired) electrons. The maximum absolute atomic E-state index is 13.3. The average molecular weight is 390 g/mol. The number of anilines is 1. The van der Waals surface area contributed by atoms with Crippen molar-refractivity contribution in [3.8, 4) is 0 Å². The first kappa shape index (κ1) is 17.5. The second-order valence-electron chi connectivity index (χ2n) is 7.33. The SMILES string of the molecule is Cc1ccc(N2C(=O)[C@H](N3C(=O)OC[C@H]3c3ccccc3)[C@]23C=CC(=O)O3)cc1. The molecule has 3 aliphatic rings. The Morgan fingerprint density at radius 3 is 2.38 bits per heavy atom. The fourth-order valence-electron chi connectivity index (χ4n) is 4.20. The van der Waals surface area contributed by atoms with Crippen LogP contribution in [0.15, 0.2) is 66.7 Å². The zero-order valence-electron chi connectivity index (χ0n) is 15.6. The van der Waals surface area contributed by atoms with E-state index in [1.54, 1.807) is 18.2 Å². The maximum atomic E-state index is 13.3. The Morgan fingerprint density at radius 1 is 1.00 bits per heavy atom. The molecule has 0 aliphatic carbocycles. The third-order valence-corrected chi connectivity index (χ3v) is 5.58. The van der Waals surface area contributed by atoms with Crippen LogP contribution in [0.3, 0.4) is 0 Å². The Labute approximate surface area is 167 Å². The van der Waals surface area contributed by atoms with Crippen LogP contribution in [0.2, 0.25) is 0 Å². The minimum absolute atomic E-state index is 0.130. The second-order valence-corrected chi connectivity index (χ2v) is 7.33. The lowest BCUT2D eigenvalue weighted by molar-refractivity contribution is -0.168. The fourth-order valence-corrected chi connectivity index (χ4v) is 4.20. The summed E-state index contributed by atoms with van der Waals surface area (Å²) < 4.78 is 10.9. The molecule has 2 aromatic carbocycles. The lowest BCUT2D eigenvalue weighted by atomic mass is 9.86. The number of aryl methyl sites for hydroxylation is 1. The van der Waals surface area contributed by atoms with Crippen LogP contribution in [-0.4, -0.2) is 41.2 Å². The molecule has 3 atom stereocenters. The van der Waals surface area contributed by atoms with Crippen molar-refractivity contribution < 1.29 is 23.9 Å². The lowest BCUT2D eigenvalue weighted by Gasteiger charge is -2.55. The van der Waals surface area contributed by atoms with Crippen molar-refractivity contribution in [3.05, 3.63) is 77.9 Å². The lowest BCUT2D eigenvalue weighted by Crippen LogP contribution is -2.79. The molecule has 2 fully saturated rings. The topological polar surface area (TPSA) is 76.2 Å². The van der Waals surface area contributed by atoms with Crippen LogP contribution in [0.4, 0.5) is 10.5 Å². The predicted octanol–water partition coefficient (Wildman–Crippen LogP) is 2.71. The van der Waals surface area contributed by atoms with Crippen LogP contribution in [0.5, 0.6) is 0 Å². The molecule has 0 N–H and O–H groups in total. The van der Waals surface area contributed by atoms with Crippen molar-refractivity contribution in [2.45, 2.75) is 24.7 Å². The molecule has 29 heavy (non-hydrogen) atoms. The van der Waals surface area contributed by atoms with Gasteiger partial charge in [-0.05, 0) is 30.7 Å². The second kappa shape index (κ2) is 6.20. The highest BCUT2D eigenvalue weighted by Gasteiger charge is 2.69. The summed E-state index contributed by atoms with van der Waals surface area (Å²) in [5.74, 6) is -0.878. The number of carbonyl (C=O) groups is 3. The molecular weight excluding hydrogens is 372 g/mol. The fraction of sp³-hybridized carbons (Fsp3) is 0.227. The molecule has 1 spiro atoms. The first-order valence-electron chi connectivity index (χ1n) is 9.34. The quantitative estimate of drug-likeness (QED) is 0.595. The number of cyclic esters (lactones) is 1. The van der Waals surface area contributed by atoms with Crippen LogP contribution < -0.4 is 4.90 Å². The number of esters is 1. The van der Waals surface area contributed by atoms with Crippen molar-refractivity contribution in [1.82, 2.24) is 4.90 Å². The van der Waals surface area contributed by atoms with E-state index in [1.165, 1.54) is 15.9 Å². The Kier molecular flexibility index (Phi) is 3.74. The first-order chi connectivity index (χ1) is 14.0. The first-order valence-corrected chi connectivity index (χ1v) is 9.34. The van der Waals surface area contributed by atoms with Gasteiger partial charge in [-0.15, -0.1) is 0 Å². The van der Waals surface area contributed by atoms with Gasteiger partial charge in [0, 0.05) is 11.8 Å². The summed E-state index contributed by atoms with van der Waals surface area (Å²) in [6.07, 6.45) is 2.24. The number of rotatable bonds is 3. The Hall–Kier alpha value is -3.61. The van der Waals surface area contributed by atoms with Gasteiger partial charge in [0.25, 0.3) is 5.91 Å². The smallest absolute Gasteiger partial charge is 0.411 e. The van der Waals surface area contributed by atoms with Crippen LogP contribution >= 0.6 is 0 Å². The summed E-state index contributed by atoms with van der Waals surface area (Å²) >= 11 is 0. The molecular formula is C22H18N2O5. The number of amides is 2. The van der Waals surface area contributed by atoms with E-state index in [0.717, 1.165) is 11.1 Å². The molecule has 3 heterocycles. The summed E-state index contributed by atoms with van der Waals surface area (Å²) in [7, 11) is 0. The van der Waals surface area contributed by atoms with Gasteiger partial charge in [-0.1, -0.05) is 48.0 Å². The third-order valence-electron chi connectivity index (χ3n) is 5.58. The average Bonchev–Trinajstić information content (AvgIpc) is 3.29. The minimum atomic E-state index is -1.38. The van der Waals surface area contributed by atoms with Crippen molar-refractivity contribution >= 4 is 23.7 Å². The zero-order chi connectivity index (χ0) is 20.2. The van der Waals surface area contributed by atoms with Gasteiger partial charge in [-0.25, -0.2) is 9.59 Å². The van der Waals surface area contributed by atoms with Gasteiger partial charge in [0.05, 0.1) is 6.04 Å².